The van der Waals surface area contributed by atoms with Crippen molar-refractivity contribution < 1.29 is 8.50 Å². The standard InChI is InChI=1S/C15H14ClFN4/c1-15(2,3)10-8-12-18-19-14(21(12)20-13(10)16)9-6-4-5-7-11(9)17/h4-8H,1-3H3/i1D3. The van der Waals surface area contributed by atoms with E-state index in [9.17, 15) is 4.39 Å². The quantitative estimate of drug-likeness (QED) is 0.685. The first-order chi connectivity index (χ1) is 11.1. The van der Waals surface area contributed by atoms with Crippen molar-refractivity contribution in [3.8, 4) is 11.4 Å². The van der Waals surface area contributed by atoms with E-state index in [0.717, 1.165) is 0 Å². The van der Waals surface area contributed by atoms with Gasteiger partial charge in [-0.2, -0.15) is 9.61 Å². The molecule has 0 aliphatic carbocycles. The van der Waals surface area contributed by atoms with Crippen LogP contribution in [0, 0.1) is 5.82 Å². The molecule has 0 fully saturated rings. The third-order valence-electron chi connectivity index (χ3n) is 3.14. The van der Waals surface area contributed by atoms with Gasteiger partial charge in [0, 0.05) is 9.68 Å². The van der Waals surface area contributed by atoms with Gasteiger partial charge < -0.3 is 0 Å². The van der Waals surface area contributed by atoms with Crippen molar-refractivity contribution in [1.82, 2.24) is 19.8 Å². The second-order valence-corrected chi connectivity index (χ2v) is 5.61. The summed E-state index contributed by atoms with van der Waals surface area (Å²) in [6, 6.07) is 7.64. The third-order valence-corrected chi connectivity index (χ3v) is 3.42. The van der Waals surface area contributed by atoms with Crippen LogP contribution in [-0.2, 0) is 5.41 Å². The lowest BCUT2D eigenvalue weighted by Gasteiger charge is -2.19. The van der Waals surface area contributed by atoms with E-state index in [4.69, 9.17) is 15.7 Å². The first kappa shape index (κ1) is 10.7. The Labute approximate surface area is 130 Å². The average Bonchev–Trinajstić information content (AvgIpc) is 2.88. The molecule has 21 heavy (non-hydrogen) atoms. The minimum Gasteiger partial charge on any atom is -0.206 e. The number of halogens is 2. The van der Waals surface area contributed by atoms with Gasteiger partial charge in [0.05, 0.1) is 5.56 Å². The highest BCUT2D eigenvalue weighted by molar-refractivity contribution is 6.30. The molecule has 0 bridgehead atoms. The van der Waals surface area contributed by atoms with E-state index in [0.29, 0.717) is 11.2 Å². The molecule has 0 unspecified atom stereocenters. The van der Waals surface area contributed by atoms with Crippen molar-refractivity contribution in [2.45, 2.75) is 26.1 Å². The van der Waals surface area contributed by atoms with Gasteiger partial charge in [-0.05, 0) is 23.6 Å². The summed E-state index contributed by atoms with van der Waals surface area (Å²) in [6.07, 6.45) is 0. The van der Waals surface area contributed by atoms with Crippen LogP contribution >= 0.6 is 11.6 Å². The zero-order valence-corrected chi connectivity index (χ0v) is 12.2. The summed E-state index contributed by atoms with van der Waals surface area (Å²) < 4.78 is 38.4. The number of hydrogen-bond donors (Lipinski definition) is 0. The molecular formula is C15H14ClFN4. The molecule has 108 valence electrons. The van der Waals surface area contributed by atoms with Gasteiger partial charge in [0.1, 0.15) is 5.82 Å². The van der Waals surface area contributed by atoms with Gasteiger partial charge >= 0.3 is 0 Å². The summed E-state index contributed by atoms with van der Waals surface area (Å²) in [7, 11) is 0. The molecule has 1 aromatic carbocycles. The Kier molecular flexibility index (Phi) is 2.43. The molecule has 0 spiro atoms. The van der Waals surface area contributed by atoms with Crippen molar-refractivity contribution in [2.24, 2.45) is 0 Å². The van der Waals surface area contributed by atoms with E-state index in [1.165, 1.54) is 16.6 Å². The highest BCUT2D eigenvalue weighted by atomic mass is 35.5. The minimum atomic E-state index is -2.27. The van der Waals surface area contributed by atoms with Crippen LogP contribution in [0.2, 0.25) is 5.15 Å². The molecule has 0 aliphatic heterocycles. The molecule has 2 heterocycles. The predicted octanol–water partition coefficient (Wildman–Crippen LogP) is 3.88. The van der Waals surface area contributed by atoms with Gasteiger partial charge in [-0.15, -0.1) is 10.2 Å². The van der Waals surface area contributed by atoms with Gasteiger partial charge in [-0.3, -0.25) is 0 Å². The van der Waals surface area contributed by atoms with Crippen molar-refractivity contribution in [2.75, 3.05) is 0 Å². The third kappa shape index (κ3) is 2.38. The van der Waals surface area contributed by atoms with Crippen LogP contribution in [0.3, 0.4) is 0 Å². The van der Waals surface area contributed by atoms with E-state index in [1.807, 2.05) is 0 Å². The molecule has 6 heteroatoms. The fourth-order valence-corrected chi connectivity index (χ4v) is 2.43. The van der Waals surface area contributed by atoms with Crippen LogP contribution < -0.4 is 0 Å². The Balaban J connectivity index is 2.22. The molecule has 0 amide bonds. The first-order valence-electron chi connectivity index (χ1n) is 7.80. The molecule has 0 radical (unpaired) electrons. The Bertz CT molecular complexity index is 921. The molecule has 3 rings (SSSR count). The number of hydrogen-bond acceptors (Lipinski definition) is 3. The van der Waals surface area contributed by atoms with Crippen molar-refractivity contribution in [1.29, 1.82) is 0 Å². The van der Waals surface area contributed by atoms with Gasteiger partial charge in [-0.25, -0.2) is 4.39 Å². The van der Waals surface area contributed by atoms with Crippen LogP contribution in [0.5, 0.6) is 0 Å². The van der Waals surface area contributed by atoms with E-state index in [-0.39, 0.29) is 16.5 Å². The highest BCUT2D eigenvalue weighted by Gasteiger charge is 2.22. The van der Waals surface area contributed by atoms with Crippen molar-refractivity contribution in [3.63, 3.8) is 0 Å². The van der Waals surface area contributed by atoms with E-state index in [1.54, 1.807) is 32.0 Å². The summed E-state index contributed by atoms with van der Waals surface area (Å²) in [5.74, 6) is -0.264. The Morgan fingerprint density at radius 3 is 2.76 bits per heavy atom. The van der Waals surface area contributed by atoms with E-state index >= 15 is 0 Å². The molecule has 0 saturated heterocycles. The van der Waals surface area contributed by atoms with Crippen molar-refractivity contribution in [3.05, 3.63) is 46.9 Å². The summed E-state index contributed by atoms with van der Waals surface area (Å²) in [6.45, 7) is 0.853. The Morgan fingerprint density at radius 2 is 2.05 bits per heavy atom. The van der Waals surface area contributed by atoms with Crippen molar-refractivity contribution >= 4 is 17.2 Å². The molecule has 0 saturated carbocycles. The normalized spacial score (nSPS) is 14.8. The minimum absolute atomic E-state index is 0.0148. The van der Waals surface area contributed by atoms with Crippen LogP contribution in [0.1, 0.15) is 30.4 Å². The highest BCUT2D eigenvalue weighted by Crippen LogP contribution is 2.30. The van der Waals surface area contributed by atoms with Gasteiger partial charge in [0.15, 0.2) is 16.6 Å². The average molecular weight is 308 g/mol. The number of fused-ring (bicyclic) bond motifs is 1. The zero-order chi connectivity index (χ0) is 17.7. The summed E-state index contributed by atoms with van der Waals surface area (Å²) in [5.41, 5.74) is -0.353. The second kappa shape index (κ2) is 4.77. The fraction of sp³-hybridized carbons (Fsp3) is 0.267. The summed E-state index contributed by atoms with van der Waals surface area (Å²) in [5, 5.41) is 12.1. The van der Waals surface area contributed by atoms with Gasteiger partial charge in [0.2, 0.25) is 0 Å². The van der Waals surface area contributed by atoms with E-state index in [2.05, 4.69) is 15.3 Å². The van der Waals surface area contributed by atoms with Crippen LogP contribution in [-0.4, -0.2) is 19.8 Å². The fourth-order valence-electron chi connectivity index (χ4n) is 2.06. The number of nitrogens with zero attached hydrogens (tertiary/aromatic N) is 4. The Hall–Kier alpha value is -2.01. The Morgan fingerprint density at radius 1 is 1.29 bits per heavy atom. The largest absolute Gasteiger partial charge is 0.206 e. The lowest BCUT2D eigenvalue weighted by Crippen LogP contribution is -2.14. The maximum absolute atomic E-state index is 14.0. The smallest absolute Gasteiger partial charge is 0.188 e. The topological polar surface area (TPSA) is 43.1 Å². The molecular weight excluding hydrogens is 291 g/mol. The lowest BCUT2D eigenvalue weighted by atomic mass is 9.88. The molecule has 3 aromatic rings. The molecule has 0 N–H and O–H groups in total. The SMILES string of the molecule is [2H]C([2H])([2H])C(C)(C)c1cc2nnc(-c3ccccc3F)n2nc1Cl. The number of benzene rings is 1. The molecule has 0 atom stereocenters. The maximum Gasteiger partial charge on any atom is 0.188 e. The maximum atomic E-state index is 14.0. The van der Waals surface area contributed by atoms with Crippen LogP contribution in [0.25, 0.3) is 17.0 Å². The zero-order valence-electron chi connectivity index (χ0n) is 14.4. The molecule has 2 aromatic heterocycles. The van der Waals surface area contributed by atoms with Crippen LogP contribution in [0.4, 0.5) is 4.39 Å². The molecule has 4 nitrogen and oxygen atoms in total. The van der Waals surface area contributed by atoms with Gasteiger partial charge in [0.25, 0.3) is 0 Å². The van der Waals surface area contributed by atoms with E-state index < -0.39 is 18.1 Å². The molecule has 0 aliphatic rings. The van der Waals surface area contributed by atoms with Crippen LogP contribution in [0.15, 0.2) is 30.3 Å². The predicted molar refractivity (Wildman–Crippen MR) is 79.9 cm³/mol. The second-order valence-electron chi connectivity index (χ2n) is 5.25. The summed E-state index contributed by atoms with van der Waals surface area (Å²) >= 11 is 6.22. The number of aromatic nitrogens is 4. The van der Waals surface area contributed by atoms with Gasteiger partial charge in [-0.1, -0.05) is 44.4 Å². The summed E-state index contributed by atoms with van der Waals surface area (Å²) in [4.78, 5) is 0. The monoisotopic (exact) mass is 307 g/mol. The first-order valence-corrected chi connectivity index (χ1v) is 6.68. The number of rotatable bonds is 1. The lowest BCUT2D eigenvalue weighted by molar-refractivity contribution is 0.584.